The van der Waals surface area contributed by atoms with Crippen molar-refractivity contribution >= 4 is 11.9 Å². The van der Waals surface area contributed by atoms with E-state index >= 15 is 0 Å². The molecule has 0 spiro atoms. The van der Waals surface area contributed by atoms with Gasteiger partial charge in [-0.25, -0.2) is 14.4 Å². The smallest absolute Gasteiger partial charge is 0.223 e. The van der Waals surface area contributed by atoms with Crippen LogP contribution >= 0.6 is 0 Å². The van der Waals surface area contributed by atoms with Crippen LogP contribution < -0.4 is 11.1 Å². The summed E-state index contributed by atoms with van der Waals surface area (Å²) in [5.74, 6) is 0.186. The van der Waals surface area contributed by atoms with E-state index < -0.39 is 5.82 Å². The number of rotatable bonds is 5. The van der Waals surface area contributed by atoms with Gasteiger partial charge in [0.15, 0.2) is 5.82 Å². The topological polar surface area (TPSA) is 80.9 Å². The Morgan fingerprint density at radius 1 is 1.19 bits per heavy atom. The van der Waals surface area contributed by atoms with E-state index in [0.29, 0.717) is 24.0 Å². The lowest BCUT2D eigenvalue weighted by Crippen LogP contribution is -2.34. The van der Waals surface area contributed by atoms with Crippen LogP contribution in [0, 0.1) is 11.7 Å². The van der Waals surface area contributed by atoms with Gasteiger partial charge in [-0.1, -0.05) is 31.0 Å². The van der Waals surface area contributed by atoms with Crippen molar-refractivity contribution in [1.82, 2.24) is 9.97 Å². The predicted octanol–water partition coefficient (Wildman–Crippen LogP) is 4.01. The van der Waals surface area contributed by atoms with Crippen molar-refractivity contribution in [2.75, 3.05) is 5.32 Å². The van der Waals surface area contributed by atoms with Crippen LogP contribution in [0.3, 0.4) is 0 Å². The molecule has 2 aromatic rings. The maximum Gasteiger partial charge on any atom is 0.223 e. The fourth-order valence-corrected chi connectivity index (χ4v) is 4.08. The fourth-order valence-electron chi connectivity index (χ4n) is 4.08. The molecule has 4 rings (SSSR count). The second-order valence-corrected chi connectivity index (χ2v) is 7.75. The van der Waals surface area contributed by atoms with Crippen LogP contribution in [0.2, 0.25) is 0 Å². The van der Waals surface area contributed by atoms with Crippen LogP contribution in [-0.4, -0.2) is 21.9 Å². The molecule has 27 heavy (non-hydrogen) atoms. The molecule has 2 unspecified atom stereocenters. The lowest BCUT2D eigenvalue weighted by molar-refractivity contribution is -0.122. The number of aromatic nitrogens is 2. The van der Waals surface area contributed by atoms with Gasteiger partial charge in [0.05, 0.1) is 6.20 Å². The molecule has 1 amide bonds. The van der Waals surface area contributed by atoms with Crippen molar-refractivity contribution in [3.63, 3.8) is 0 Å². The number of nitrogens with zero attached hydrogens (tertiary/aromatic N) is 2. The zero-order chi connectivity index (χ0) is 18.8. The summed E-state index contributed by atoms with van der Waals surface area (Å²) in [5, 5.41) is 3.27. The van der Waals surface area contributed by atoms with Gasteiger partial charge in [-0.05, 0) is 49.7 Å². The molecule has 0 radical (unpaired) electrons. The summed E-state index contributed by atoms with van der Waals surface area (Å²) >= 11 is 0. The van der Waals surface area contributed by atoms with Crippen molar-refractivity contribution < 1.29 is 9.18 Å². The molecule has 2 aliphatic rings. The molecule has 6 heteroatoms. The van der Waals surface area contributed by atoms with E-state index in [-0.39, 0.29) is 17.9 Å². The van der Waals surface area contributed by atoms with Crippen LogP contribution in [-0.2, 0) is 4.79 Å². The van der Waals surface area contributed by atoms with Crippen LogP contribution in [0.4, 0.5) is 10.3 Å². The summed E-state index contributed by atoms with van der Waals surface area (Å²) in [6.07, 6.45) is 8.24. The predicted molar refractivity (Wildman–Crippen MR) is 103 cm³/mol. The van der Waals surface area contributed by atoms with Gasteiger partial charge >= 0.3 is 0 Å². The molecule has 0 saturated heterocycles. The summed E-state index contributed by atoms with van der Waals surface area (Å²) in [5.41, 5.74) is 7.80. The second kappa shape index (κ2) is 7.62. The third kappa shape index (κ3) is 3.94. The minimum absolute atomic E-state index is 0.0795. The molecular formula is C21H25FN4O. The number of benzene rings is 1. The molecule has 142 valence electrons. The number of anilines is 1. The molecule has 2 atom stereocenters. The van der Waals surface area contributed by atoms with E-state index in [2.05, 4.69) is 21.4 Å². The van der Waals surface area contributed by atoms with Crippen molar-refractivity contribution in [2.45, 2.75) is 56.9 Å². The Hall–Kier alpha value is -2.50. The molecule has 5 nitrogen and oxygen atoms in total. The van der Waals surface area contributed by atoms with Crippen molar-refractivity contribution in [3.8, 4) is 11.3 Å². The number of hydrogen-bond acceptors (Lipinski definition) is 4. The maximum absolute atomic E-state index is 14.4. The quantitative estimate of drug-likeness (QED) is 0.836. The maximum atomic E-state index is 14.4. The second-order valence-electron chi connectivity index (χ2n) is 7.75. The molecule has 0 aliphatic heterocycles. The first kappa shape index (κ1) is 17.9. The summed E-state index contributed by atoms with van der Waals surface area (Å²) < 4.78 is 14.4. The highest BCUT2D eigenvalue weighted by Crippen LogP contribution is 2.37. The largest absolute Gasteiger partial charge is 0.369 e. The molecular weight excluding hydrogens is 343 g/mol. The van der Waals surface area contributed by atoms with E-state index in [1.165, 1.54) is 31.0 Å². The fraction of sp³-hybridized carbons (Fsp3) is 0.476. The van der Waals surface area contributed by atoms with Gasteiger partial charge in [-0.2, -0.15) is 0 Å². The Morgan fingerprint density at radius 2 is 2.00 bits per heavy atom. The number of halogens is 1. The third-order valence-corrected chi connectivity index (χ3v) is 5.89. The summed E-state index contributed by atoms with van der Waals surface area (Å²) in [6, 6.07) is 8.09. The number of carbonyl (C=O) groups is 1. The lowest BCUT2D eigenvalue weighted by Gasteiger charge is -2.28. The molecule has 1 aromatic heterocycles. The van der Waals surface area contributed by atoms with Crippen molar-refractivity contribution in [1.29, 1.82) is 0 Å². The van der Waals surface area contributed by atoms with Gasteiger partial charge in [-0.15, -0.1) is 0 Å². The lowest BCUT2D eigenvalue weighted by atomic mass is 9.79. The van der Waals surface area contributed by atoms with Crippen molar-refractivity contribution in [2.24, 2.45) is 11.7 Å². The van der Waals surface area contributed by atoms with Crippen molar-refractivity contribution in [3.05, 3.63) is 41.8 Å². The van der Waals surface area contributed by atoms with Gasteiger partial charge < -0.3 is 11.1 Å². The molecule has 1 aromatic carbocycles. The zero-order valence-corrected chi connectivity index (χ0v) is 15.3. The Kier molecular flexibility index (Phi) is 5.05. The first-order valence-corrected chi connectivity index (χ1v) is 9.79. The number of hydrogen-bond donors (Lipinski definition) is 2. The van der Waals surface area contributed by atoms with Gasteiger partial charge in [-0.3, -0.25) is 4.79 Å². The standard InChI is InChI=1S/C21H25FN4O/c22-18-12-24-21(25-17-9-3-8-16(11-17)20(23)27)26-19(18)15-7-2-6-14(10-15)13-4-1-5-13/h2,6-7,10,12-13,16-17H,1,3-5,8-9,11H2,(H2,23,27)(H,24,25,26). The van der Waals surface area contributed by atoms with Crippen LogP contribution in [0.15, 0.2) is 30.5 Å². The normalized spacial score (nSPS) is 22.9. The first-order valence-electron chi connectivity index (χ1n) is 9.79. The van der Waals surface area contributed by atoms with Crippen LogP contribution in [0.1, 0.15) is 56.4 Å². The molecule has 0 bridgehead atoms. The van der Waals surface area contributed by atoms with E-state index in [0.717, 1.165) is 24.8 Å². The van der Waals surface area contributed by atoms with E-state index in [9.17, 15) is 9.18 Å². The molecule has 2 aliphatic carbocycles. The minimum Gasteiger partial charge on any atom is -0.369 e. The minimum atomic E-state index is -0.426. The monoisotopic (exact) mass is 368 g/mol. The summed E-state index contributed by atoms with van der Waals surface area (Å²) in [7, 11) is 0. The number of amides is 1. The molecule has 2 fully saturated rings. The number of carbonyl (C=O) groups excluding carboxylic acids is 1. The van der Waals surface area contributed by atoms with Crippen LogP contribution in [0.5, 0.6) is 0 Å². The number of primary amides is 1. The highest BCUT2D eigenvalue weighted by molar-refractivity contribution is 5.76. The average molecular weight is 368 g/mol. The summed E-state index contributed by atoms with van der Waals surface area (Å²) in [6.45, 7) is 0. The molecule has 1 heterocycles. The zero-order valence-electron chi connectivity index (χ0n) is 15.3. The van der Waals surface area contributed by atoms with Gasteiger partial charge in [0.25, 0.3) is 0 Å². The Morgan fingerprint density at radius 3 is 2.74 bits per heavy atom. The van der Waals surface area contributed by atoms with E-state index in [4.69, 9.17) is 5.73 Å². The number of nitrogens with one attached hydrogen (secondary N) is 1. The summed E-state index contributed by atoms with van der Waals surface area (Å²) in [4.78, 5) is 20.0. The van der Waals surface area contributed by atoms with Gasteiger partial charge in [0.1, 0.15) is 5.69 Å². The molecule has 3 N–H and O–H groups in total. The highest BCUT2D eigenvalue weighted by atomic mass is 19.1. The number of nitrogens with two attached hydrogens (primary N) is 1. The highest BCUT2D eigenvalue weighted by Gasteiger charge is 2.26. The van der Waals surface area contributed by atoms with Crippen LogP contribution in [0.25, 0.3) is 11.3 Å². The third-order valence-electron chi connectivity index (χ3n) is 5.89. The Labute approximate surface area is 158 Å². The SMILES string of the molecule is NC(=O)C1CCCC(Nc2ncc(F)c(-c3cccc(C4CCC4)c3)n2)C1. The van der Waals surface area contributed by atoms with Gasteiger partial charge in [0, 0.05) is 17.5 Å². The Balaban J connectivity index is 1.54. The molecule has 2 saturated carbocycles. The van der Waals surface area contributed by atoms with E-state index in [1.54, 1.807) is 0 Å². The van der Waals surface area contributed by atoms with Gasteiger partial charge in [0.2, 0.25) is 11.9 Å². The Bertz CT molecular complexity index is 837. The first-order chi connectivity index (χ1) is 13.1. The van der Waals surface area contributed by atoms with E-state index in [1.807, 2.05) is 18.2 Å². The average Bonchev–Trinajstić information content (AvgIpc) is 2.62.